The second kappa shape index (κ2) is 24.1. The summed E-state index contributed by atoms with van der Waals surface area (Å²) in [6, 6.07) is 16.1. The first-order valence-electron chi connectivity index (χ1n) is 19.9. The number of carbonyl (C=O) groups is 2. The molecule has 0 fully saturated rings. The van der Waals surface area contributed by atoms with Crippen LogP contribution >= 0.6 is 0 Å². The summed E-state index contributed by atoms with van der Waals surface area (Å²) in [7, 11) is -4.97. The van der Waals surface area contributed by atoms with E-state index >= 15 is 0 Å². The van der Waals surface area contributed by atoms with Gasteiger partial charge in [0.25, 0.3) is 16.0 Å². The highest BCUT2D eigenvalue weighted by molar-refractivity contribution is 7.86. The molecule has 5 N–H and O–H groups in total. The van der Waals surface area contributed by atoms with Crippen LogP contribution in [0.3, 0.4) is 0 Å². The number of nitrogens with zero attached hydrogens (tertiary/aromatic N) is 2. The van der Waals surface area contributed by atoms with Gasteiger partial charge >= 0.3 is 0 Å². The third kappa shape index (κ3) is 14.6. The molecule has 1 unspecified atom stereocenters. The van der Waals surface area contributed by atoms with Gasteiger partial charge in [-0.15, -0.1) is 0 Å². The van der Waals surface area contributed by atoms with E-state index in [1.165, 1.54) is 24.3 Å². The highest BCUT2D eigenvalue weighted by Crippen LogP contribution is 2.39. The van der Waals surface area contributed by atoms with Gasteiger partial charge in [0.1, 0.15) is 34.4 Å². The number of phenols is 1. The first-order valence-corrected chi connectivity index (χ1v) is 22.5. The molecule has 0 saturated heterocycles. The quantitative estimate of drug-likeness (QED) is 0.0286. The summed E-state index contributed by atoms with van der Waals surface area (Å²) >= 11 is -2.77. The zero-order valence-electron chi connectivity index (χ0n) is 34.8. The van der Waals surface area contributed by atoms with Crippen molar-refractivity contribution >= 4 is 56.1 Å². The van der Waals surface area contributed by atoms with E-state index in [4.69, 9.17) is 14.2 Å². The predicted octanol–water partition coefficient (Wildman–Crippen LogP) is 4.84. The highest BCUT2D eigenvalue weighted by Gasteiger charge is 2.27. The van der Waals surface area contributed by atoms with E-state index in [-0.39, 0.29) is 62.5 Å². The molecule has 17 heteroatoms. The van der Waals surface area contributed by atoms with Gasteiger partial charge in [0.15, 0.2) is 23.4 Å². The third-order valence-corrected chi connectivity index (χ3v) is 11.1. The van der Waals surface area contributed by atoms with Crippen LogP contribution in [0.15, 0.2) is 106 Å². The number of amides is 2. The van der Waals surface area contributed by atoms with Gasteiger partial charge in [0, 0.05) is 55.7 Å². The van der Waals surface area contributed by atoms with Gasteiger partial charge in [0.05, 0.1) is 26.4 Å². The van der Waals surface area contributed by atoms with Crippen LogP contribution in [0, 0.1) is 0 Å². The number of allylic oxidation sites excluding steroid dienone is 5. The lowest BCUT2D eigenvalue weighted by molar-refractivity contribution is -0.519. The van der Waals surface area contributed by atoms with Crippen molar-refractivity contribution in [3.05, 3.63) is 113 Å². The summed E-state index contributed by atoms with van der Waals surface area (Å²) in [5.74, 6) is -0.954. The van der Waals surface area contributed by atoms with E-state index in [0.717, 1.165) is 49.2 Å². The minimum Gasteiger partial charge on any atom is -0.508 e. The van der Waals surface area contributed by atoms with Gasteiger partial charge in [0.2, 0.25) is 5.91 Å². The molecule has 0 spiro atoms. The molecule has 328 valence electrons. The second-order valence-corrected chi connectivity index (χ2v) is 15.7. The summed E-state index contributed by atoms with van der Waals surface area (Å²) in [4.78, 5) is 25.9. The molecule has 3 aromatic carbocycles. The largest absolute Gasteiger partial charge is 0.508 e. The molecule has 3 aromatic rings. The maximum atomic E-state index is 13.0. The SMILES string of the molecule is CCN(CC)c1ccc(C(=C2C=CC(=[N+](CC)CC)C=C2)c2cc(OCC(=O)NCCOCCOCCNC(=O)/C=C/c3ccc(O)cc3)c(S(=O)O)cc2S(=O)(=O)O)cc1. The summed E-state index contributed by atoms with van der Waals surface area (Å²) in [6.07, 6.45) is 10.5. The maximum absolute atomic E-state index is 13.0. The van der Waals surface area contributed by atoms with E-state index in [2.05, 4.69) is 20.1 Å². The monoisotopic (exact) mass is 879 g/mol. The molecule has 1 aliphatic rings. The summed E-state index contributed by atoms with van der Waals surface area (Å²) in [6.45, 7) is 12.0. The number of rotatable bonds is 23. The fourth-order valence-corrected chi connectivity index (χ4v) is 7.66. The Morgan fingerprint density at radius 3 is 2.00 bits per heavy atom. The number of nitrogens with one attached hydrogen (secondary N) is 2. The minimum absolute atomic E-state index is 0.00117. The zero-order chi connectivity index (χ0) is 44.4. The van der Waals surface area contributed by atoms with Crippen LogP contribution in [0.1, 0.15) is 44.4 Å². The summed E-state index contributed by atoms with van der Waals surface area (Å²) < 4.78 is 78.1. The molecule has 2 amide bonds. The minimum atomic E-state index is -4.97. The molecule has 0 heterocycles. The first-order chi connectivity index (χ1) is 29.3. The fraction of sp³-hybridized carbons (Fsp3) is 0.341. The smallest absolute Gasteiger partial charge is 0.295 e. The van der Waals surface area contributed by atoms with Crippen molar-refractivity contribution in [3.8, 4) is 11.5 Å². The Kier molecular flexibility index (Phi) is 19.1. The normalized spacial score (nSPS) is 13.0. The number of hydrogen-bond acceptors (Lipinski definition) is 10. The van der Waals surface area contributed by atoms with Gasteiger partial charge in [-0.3, -0.25) is 14.1 Å². The zero-order valence-corrected chi connectivity index (χ0v) is 36.5. The standard InChI is InChI=1S/C44H54N4O11S2/c1-5-47(6-2)35-16-12-33(13-17-35)44(34-14-18-36(19-15-34)48(7-3)8-4)38-29-39(40(60(52)53)30-41(38)61(54,55)56)59-31-43(51)46-24-26-58-28-27-57-25-23-45-42(50)22-11-32-9-20-37(49)21-10-32/h9-22,29-30H,5-8,23-28,31H2,1-4H3,(H4-,45,46,49,50,51,52,53,54,55,56)/p+1. The number of aromatic hydroxyl groups is 1. The average molecular weight is 880 g/mol. The van der Waals surface area contributed by atoms with E-state index < -0.39 is 43.5 Å². The Bertz CT molecular complexity index is 2240. The lowest BCUT2D eigenvalue weighted by atomic mass is 9.90. The van der Waals surface area contributed by atoms with Gasteiger partial charge in [-0.1, -0.05) is 24.3 Å². The molecular weight excluding hydrogens is 825 g/mol. The molecule has 1 aliphatic carbocycles. The Balaban J connectivity index is 1.42. The molecule has 0 saturated carbocycles. The highest BCUT2D eigenvalue weighted by atomic mass is 32.2. The van der Waals surface area contributed by atoms with Gasteiger partial charge in [-0.05, 0) is 105 Å². The number of anilines is 1. The van der Waals surface area contributed by atoms with Crippen LogP contribution < -0.4 is 20.3 Å². The fourth-order valence-electron chi connectivity index (χ4n) is 6.37. The average Bonchev–Trinajstić information content (AvgIpc) is 3.24. The van der Waals surface area contributed by atoms with Gasteiger partial charge in [-0.2, -0.15) is 8.42 Å². The molecule has 4 rings (SSSR count). The summed E-state index contributed by atoms with van der Waals surface area (Å²) in [5, 5.41) is 14.7. The van der Waals surface area contributed by atoms with Gasteiger partial charge in [-0.25, -0.2) is 8.78 Å². The molecule has 61 heavy (non-hydrogen) atoms. The van der Waals surface area contributed by atoms with Gasteiger partial charge < -0.3 is 39.4 Å². The molecule has 0 aromatic heterocycles. The number of ether oxygens (including phenoxy) is 3. The Morgan fingerprint density at radius 2 is 1.44 bits per heavy atom. The van der Waals surface area contributed by atoms with E-state index in [1.54, 1.807) is 18.2 Å². The van der Waals surface area contributed by atoms with Crippen molar-refractivity contribution in [1.29, 1.82) is 0 Å². The van der Waals surface area contributed by atoms with Crippen molar-refractivity contribution in [1.82, 2.24) is 10.6 Å². The lowest BCUT2D eigenvalue weighted by Gasteiger charge is -2.22. The van der Waals surface area contributed by atoms with E-state index in [1.807, 2.05) is 76.3 Å². The van der Waals surface area contributed by atoms with Crippen molar-refractivity contribution in [2.75, 3.05) is 77.2 Å². The number of benzene rings is 3. The Morgan fingerprint density at radius 1 is 0.836 bits per heavy atom. The van der Waals surface area contributed by atoms with Crippen molar-refractivity contribution in [2.24, 2.45) is 0 Å². The van der Waals surface area contributed by atoms with Crippen molar-refractivity contribution in [3.63, 3.8) is 0 Å². The third-order valence-electron chi connectivity index (χ3n) is 9.52. The second-order valence-electron chi connectivity index (χ2n) is 13.4. The van der Waals surface area contributed by atoms with E-state index in [0.29, 0.717) is 16.7 Å². The Hall–Kier alpha value is -5.43. The molecule has 0 radical (unpaired) electrons. The topological polar surface area (TPSA) is 204 Å². The van der Waals surface area contributed by atoms with Crippen LogP contribution in [-0.2, 0) is 40.3 Å². The maximum Gasteiger partial charge on any atom is 0.295 e. The number of phenolic OH excluding ortho intramolecular Hbond substituents is 1. The Labute approximate surface area is 360 Å². The first kappa shape index (κ1) is 48.2. The summed E-state index contributed by atoms with van der Waals surface area (Å²) in [5.41, 5.74) is 4.28. The van der Waals surface area contributed by atoms with Crippen LogP contribution in [0.2, 0.25) is 0 Å². The van der Waals surface area contributed by atoms with Crippen molar-refractivity contribution in [2.45, 2.75) is 37.5 Å². The van der Waals surface area contributed by atoms with Crippen LogP contribution in [0.5, 0.6) is 11.5 Å². The number of carbonyl (C=O) groups excluding carboxylic acids is 2. The molecular formula is C44H55N4O11S2+. The molecule has 0 aliphatic heterocycles. The van der Waals surface area contributed by atoms with Crippen LogP contribution in [-0.4, -0.2) is 121 Å². The van der Waals surface area contributed by atoms with Crippen LogP contribution in [0.25, 0.3) is 11.6 Å². The molecule has 1 atom stereocenters. The van der Waals surface area contributed by atoms with Crippen molar-refractivity contribution < 1.29 is 55.2 Å². The van der Waals surface area contributed by atoms with Crippen LogP contribution in [0.4, 0.5) is 5.69 Å². The number of hydrogen-bond donors (Lipinski definition) is 5. The lowest BCUT2D eigenvalue weighted by Crippen LogP contribution is -2.32. The molecule has 15 nitrogen and oxygen atoms in total. The van der Waals surface area contributed by atoms with E-state index in [9.17, 15) is 36.4 Å². The molecule has 0 bridgehead atoms. The predicted molar refractivity (Wildman–Crippen MR) is 236 cm³/mol.